The average Bonchev–Trinajstić information content (AvgIpc) is 4.07. The van der Waals surface area contributed by atoms with Gasteiger partial charge in [0, 0.05) is 62.2 Å². The van der Waals surface area contributed by atoms with Crippen molar-refractivity contribution in [3.05, 3.63) is 217 Å². The molecule has 0 radical (unpaired) electrons. The molecule has 2 unspecified atom stereocenters. The molecule has 0 bridgehead atoms. The standard InChI is InChI=1S/C59H37N3OS2/c1-2-15-39-35(12-1)32-49(43-17-4-3-16-42(39)43)59-61-57(60-58(62-59)38-27-29-54-48(33-38)45-19-6-8-25-52(45)65-54)37-14-9-13-34(30-37)40-20-11-23-50-55(40)46-22-10-21-41(56(46)63-50)36-26-28-53-47(31-36)44-18-5-7-24-51(44)64-53/h1-33,57-58,60H,(H,61,62). The number of hydrogen-bond acceptors (Lipinski definition) is 6. The van der Waals surface area contributed by atoms with E-state index >= 15 is 0 Å². The average molecular weight is 868 g/mol. The van der Waals surface area contributed by atoms with Gasteiger partial charge in [-0.25, -0.2) is 4.99 Å². The summed E-state index contributed by atoms with van der Waals surface area (Å²) in [6.45, 7) is 0. The molecular formula is C59H37N3OS2. The van der Waals surface area contributed by atoms with E-state index in [-0.39, 0.29) is 12.3 Å². The number of nitrogens with zero attached hydrogens (tertiary/aromatic N) is 1. The highest BCUT2D eigenvalue weighted by atomic mass is 32.1. The Morgan fingerprint density at radius 3 is 1.88 bits per heavy atom. The van der Waals surface area contributed by atoms with Crippen LogP contribution in [0.25, 0.3) is 106 Å². The molecule has 3 aromatic heterocycles. The molecule has 0 aliphatic carbocycles. The van der Waals surface area contributed by atoms with Crippen molar-refractivity contribution < 1.29 is 4.42 Å². The van der Waals surface area contributed by atoms with Gasteiger partial charge in [-0.3, -0.25) is 5.32 Å². The first-order valence-corrected chi connectivity index (χ1v) is 23.7. The van der Waals surface area contributed by atoms with Crippen LogP contribution in [0.4, 0.5) is 0 Å². The maximum atomic E-state index is 6.83. The van der Waals surface area contributed by atoms with E-state index in [0.29, 0.717) is 0 Å². The lowest BCUT2D eigenvalue weighted by molar-refractivity contribution is 0.409. The Bertz CT molecular complexity index is 4120. The van der Waals surface area contributed by atoms with Crippen LogP contribution in [0.5, 0.6) is 0 Å². The molecule has 2 N–H and O–H groups in total. The monoisotopic (exact) mass is 867 g/mol. The molecule has 2 atom stereocenters. The zero-order valence-electron chi connectivity index (χ0n) is 34.9. The normalized spacial score (nSPS) is 15.5. The Kier molecular flexibility index (Phi) is 8.19. The second-order valence-corrected chi connectivity index (χ2v) is 19.2. The summed E-state index contributed by atoms with van der Waals surface area (Å²) >= 11 is 3.69. The molecule has 10 aromatic carbocycles. The minimum atomic E-state index is -0.341. The molecule has 306 valence electrons. The topological polar surface area (TPSA) is 49.6 Å². The third-order valence-electron chi connectivity index (χ3n) is 13.3. The maximum Gasteiger partial charge on any atom is 0.143 e. The van der Waals surface area contributed by atoms with Crippen LogP contribution in [0.3, 0.4) is 0 Å². The summed E-state index contributed by atoms with van der Waals surface area (Å²) in [5.41, 5.74) is 9.60. The molecule has 13 aromatic rings. The van der Waals surface area contributed by atoms with E-state index in [1.54, 1.807) is 0 Å². The van der Waals surface area contributed by atoms with E-state index in [9.17, 15) is 0 Å². The largest absolute Gasteiger partial charge is 0.455 e. The van der Waals surface area contributed by atoms with Crippen LogP contribution in [0, 0.1) is 0 Å². The predicted molar refractivity (Wildman–Crippen MR) is 277 cm³/mol. The van der Waals surface area contributed by atoms with Gasteiger partial charge in [0.2, 0.25) is 0 Å². The molecule has 1 aliphatic heterocycles. The number of aliphatic imine (C=N–C) groups is 1. The lowest BCUT2D eigenvalue weighted by Crippen LogP contribution is -2.45. The lowest BCUT2D eigenvalue weighted by atomic mass is 9.95. The zero-order chi connectivity index (χ0) is 42.6. The SMILES string of the molecule is c1cc(-c2cccc3oc4c(-c5ccc6sc7ccccc7c6c5)cccc4c23)cc(C2N=C(c3cc4ccccc4c4ccccc34)NC(c3ccc4sc5ccccc5c4c3)N2)c1. The number of hydrogen-bond donors (Lipinski definition) is 2. The molecule has 4 nitrogen and oxygen atoms in total. The fourth-order valence-electron chi connectivity index (χ4n) is 10.3. The Labute approximate surface area is 381 Å². The van der Waals surface area contributed by atoms with E-state index in [1.807, 2.05) is 22.7 Å². The number of amidine groups is 1. The number of rotatable bonds is 5. The summed E-state index contributed by atoms with van der Waals surface area (Å²) < 4.78 is 12.0. The first-order valence-electron chi connectivity index (χ1n) is 22.1. The number of furan rings is 1. The van der Waals surface area contributed by atoms with Crippen molar-refractivity contribution in [2.24, 2.45) is 4.99 Å². The van der Waals surface area contributed by atoms with E-state index < -0.39 is 0 Å². The summed E-state index contributed by atoms with van der Waals surface area (Å²) in [7, 11) is 0. The van der Waals surface area contributed by atoms with Crippen molar-refractivity contribution in [2.75, 3.05) is 0 Å². The predicted octanol–water partition coefficient (Wildman–Crippen LogP) is 16.3. The number of nitrogens with one attached hydrogen (secondary N) is 2. The summed E-state index contributed by atoms with van der Waals surface area (Å²) in [6, 6.07) is 72.6. The summed E-state index contributed by atoms with van der Waals surface area (Å²) in [6.07, 6.45) is -0.554. The Morgan fingerprint density at radius 1 is 0.415 bits per heavy atom. The van der Waals surface area contributed by atoms with Gasteiger partial charge >= 0.3 is 0 Å². The van der Waals surface area contributed by atoms with E-state index in [0.717, 1.165) is 66.7 Å². The highest BCUT2D eigenvalue weighted by Gasteiger charge is 2.28. The second-order valence-electron chi connectivity index (χ2n) is 17.1. The van der Waals surface area contributed by atoms with Gasteiger partial charge < -0.3 is 9.73 Å². The molecular weight excluding hydrogens is 831 g/mol. The molecule has 14 rings (SSSR count). The van der Waals surface area contributed by atoms with Gasteiger partial charge in [-0.1, -0.05) is 146 Å². The van der Waals surface area contributed by atoms with E-state index in [2.05, 4.69) is 211 Å². The van der Waals surface area contributed by atoms with Crippen molar-refractivity contribution in [3.8, 4) is 22.3 Å². The molecule has 4 heterocycles. The van der Waals surface area contributed by atoms with Gasteiger partial charge in [-0.2, -0.15) is 0 Å². The van der Waals surface area contributed by atoms with Crippen LogP contribution in [-0.4, -0.2) is 5.84 Å². The van der Waals surface area contributed by atoms with Crippen molar-refractivity contribution in [2.45, 2.75) is 12.3 Å². The van der Waals surface area contributed by atoms with Gasteiger partial charge in [0.25, 0.3) is 0 Å². The smallest absolute Gasteiger partial charge is 0.143 e. The molecule has 0 saturated carbocycles. The summed E-state index contributed by atoms with van der Waals surface area (Å²) in [4.78, 5) is 5.55. The fraction of sp³-hybridized carbons (Fsp3) is 0.0339. The number of thiophene rings is 2. The molecule has 0 amide bonds. The summed E-state index contributed by atoms with van der Waals surface area (Å²) in [5.74, 6) is 0.866. The third kappa shape index (κ3) is 5.88. The number of fused-ring (bicyclic) bond motifs is 12. The first kappa shape index (κ1) is 36.8. The van der Waals surface area contributed by atoms with Crippen molar-refractivity contribution in [3.63, 3.8) is 0 Å². The fourth-order valence-corrected chi connectivity index (χ4v) is 12.5. The van der Waals surface area contributed by atoms with E-state index in [4.69, 9.17) is 9.41 Å². The zero-order valence-corrected chi connectivity index (χ0v) is 36.5. The molecule has 0 spiro atoms. The number of benzene rings is 10. The highest BCUT2D eigenvalue weighted by molar-refractivity contribution is 7.26. The van der Waals surface area contributed by atoms with Gasteiger partial charge in [0.15, 0.2) is 0 Å². The molecule has 0 saturated heterocycles. The quantitative estimate of drug-likeness (QED) is 0.169. The number of para-hydroxylation sites is 1. The first-order chi connectivity index (χ1) is 32.2. The van der Waals surface area contributed by atoms with Crippen LogP contribution < -0.4 is 10.6 Å². The molecule has 65 heavy (non-hydrogen) atoms. The van der Waals surface area contributed by atoms with Crippen LogP contribution >= 0.6 is 22.7 Å². The maximum absolute atomic E-state index is 6.83. The third-order valence-corrected chi connectivity index (χ3v) is 15.6. The minimum absolute atomic E-state index is 0.213. The minimum Gasteiger partial charge on any atom is -0.455 e. The van der Waals surface area contributed by atoms with Gasteiger partial charge in [0.05, 0.1) is 0 Å². The van der Waals surface area contributed by atoms with Crippen LogP contribution in [0.15, 0.2) is 210 Å². The van der Waals surface area contributed by atoms with Crippen LogP contribution in [-0.2, 0) is 0 Å². The van der Waals surface area contributed by atoms with Crippen molar-refractivity contribution in [1.29, 1.82) is 0 Å². The molecule has 1 aliphatic rings. The lowest BCUT2D eigenvalue weighted by Gasteiger charge is -2.33. The van der Waals surface area contributed by atoms with Gasteiger partial charge in [-0.15, -0.1) is 22.7 Å². The van der Waals surface area contributed by atoms with Crippen LogP contribution in [0.2, 0.25) is 0 Å². The van der Waals surface area contributed by atoms with E-state index in [1.165, 1.54) is 61.9 Å². The van der Waals surface area contributed by atoms with Crippen molar-refractivity contribution in [1.82, 2.24) is 10.6 Å². The Hall–Kier alpha value is -7.61. The van der Waals surface area contributed by atoms with Gasteiger partial charge in [0.1, 0.15) is 29.3 Å². The second kappa shape index (κ2) is 14.5. The van der Waals surface area contributed by atoms with Gasteiger partial charge in [-0.05, 0) is 104 Å². The van der Waals surface area contributed by atoms with Crippen molar-refractivity contribution >= 4 is 112 Å². The Balaban J connectivity index is 0.908. The van der Waals surface area contributed by atoms with Crippen LogP contribution in [0.1, 0.15) is 29.0 Å². The molecule has 6 heteroatoms. The Morgan fingerprint density at radius 2 is 1.05 bits per heavy atom. The highest BCUT2D eigenvalue weighted by Crippen LogP contribution is 2.44. The molecule has 0 fully saturated rings. The summed E-state index contributed by atoms with van der Waals surface area (Å²) in [5, 5.41) is 20.0.